The van der Waals surface area contributed by atoms with Crippen molar-refractivity contribution in [1.29, 1.82) is 0 Å². The van der Waals surface area contributed by atoms with Gasteiger partial charge in [-0.05, 0) is 12.1 Å². The minimum atomic E-state index is -0.588. The Morgan fingerprint density at radius 2 is 2.16 bits per heavy atom. The number of halogens is 1. The van der Waals surface area contributed by atoms with Gasteiger partial charge in [0.1, 0.15) is 11.6 Å². The third-order valence-corrected chi connectivity index (χ3v) is 4.47. The Morgan fingerprint density at radius 3 is 2.88 bits per heavy atom. The van der Waals surface area contributed by atoms with Gasteiger partial charge in [-0.2, -0.15) is 0 Å². The Balaban J connectivity index is 1.86. The lowest BCUT2D eigenvalue weighted by atomic mass is 10.0. The minimum Gasteiger partial charge on any atom is -0.496 e. The van der Waals surface area contributed by atoms with Gasteiger partial charge >= 0.3 is 0 Å². The highest BCUT2D eigenvalue weighted by Crippen LogP contribution is 2.31. The Kier molecular flexibility index (Phi) is 5.25. The molecule has 1 aliphatic heterocycles. The quantitative estimate of drug-likeness (QED) is 0.667. The second-order valence-corrected chi connectivity index (χ2v) is 5.97. The van der Waals surface area contributed by atoms with E-state index in [0.29, 0.717) is 12.1 Å². The highest BCUT2D eigenvalue weighted by Gasteiger charge is 2.27. The summed E-state index contributed by atoms with van der Waals surface area (Å²) in [4.78, 5) is 12.3. The SMILES string of the molecule is COc1ccccc1C1CNCCN1Cc1ccc([N+](=O)[O-])cc1F. The van der Waals surface area contributed by atoms with Crippen LogP contribution in [-0.4, -0.2) is 36.6 Å². The molecule has 2 aromatic rings. The van der Waals surface area contributed by atoms with E-state index < -0.39 is 10.7 Å². The summed E-state index contributed by atoms with van der Waals surface area (Å²) in [5.74, 6) is 0.247. The van der Waals surface area contributed by atoms with E-state index in [-0.39, 0.29) is 11.7 Å². The fourth-order valence-electron chi connectivity index (χ4n) is 3.18. The minimum absolute atomic E-state index is 0.0412. The predicted molar refractivity (Wildman–Crippen MR) is 92.1 cm³/mol. The van der Waals surface area contributed by atoms with Crippen LogP contribution in [0, 0.1) is 15.9 Å². The van der Waals surface area contributed by atoms with Gasteiger partial charge in [0.05, 0.1) is 24.1 Å². The van der Waals surface area contributed by atoms with Crippen LogP contribution < -0.4 is 10.1 Å². The van der Waals surface area contributed by atoms with Crippen LogP contribution in [0.2, 0.25) is 0 Å². The number of benzene rings is 2. The third kappa shape index (κ3) is 3.78. The second-order valence-electron chi connectivity index (χ2n) is 5.97. The number of para-hydroxylation sites is 1. The van der Waals surface area contributed by atoms with Crippen LogP contribution in [0.25, 0.3) is 0 Å². The number of nitro groups is 1. The average molecular weight is 345 g/mol. The van der Waals surface area contributed by atoms with Gasteiger partial charge in [0.25, 0.3) is 5.69 Å². The number of methoxy groups -OCH3 is 1. The molecule has 25 heavy (non-hydrogen) atoms. The molecule has 1 atom stereocenters. The fraction of sp³-hybridized carbons (Fsp3) is 0.333. The maximum Gasteiger partial charge on any atom is 0.272 e. The van der Waals surface area contributed by atoms with Crippen LogP contribution in [0.1, 0.15) is 17.2 Å². The van der Waals surface area contributed by atoms with Crippen molar-refractivity contribution in [1.82, 2.24) is 10.2 Å². The lowest BCUT2D eigenvalue weighted by Gasteiger charge is -2.37. The highest BCUT2D eigenvalue weighted by molar-refractivity contribution is 5.37. The molecule has 6 nitrogen and oxygen atoms in total. The van der Waals surface area contributed by atoms with E-state index in [0.717, 1.165) is 37.0 Å². The first-order valence-electron chi connectivity index (χ1n) is 8.10. The van der Waals surface area contributed by atoms with Crippen molar-refractivity contribution in [3.05, 3.63) is 69.5 Å². The summed E-state index contributed by atoms with van der Waals surface area (Å²) in [5, 5.41) is 14.1. The van der Waals surface area contributed by atoms with Crippen molar-refractivity contribution in [2.75, 3.05) is 26.7 Å². The van der Waals surface area contributed by atoms with Crippen LogP contribution >= 0.6 is 0 Å². The van der Waals surface area contributed by atoms with Gasteiger partial charge in [-0.25, -0.2) is 4.39 Å². The molecule has 0 amide bonds. The maximum atomic E-state index is 14.3. The zero-order valence-electron chi connectivity index (χ0n) is 13.9. The van der Waals surface area contributed by atoms with Gasteiger partial charge in [-0.15, -0.1) is 0 Å². The zero-order chi connectivity index (χ0) is 17.8. The smallest absolute Gasteiger partial charge is 0.272 e. The molecule has 1 N–H and O–H groups in total. The van der Waals surface area contributed by atoms with Crippen LogP contribution in [0.15, 0.2) is 42.5 Å². The van der Waals surface area contributed by atoms with Crippen LogP contribution in [-0.2, 0) is 6.54 Å². The van der Waals surface area contributed by atoms with Crippen LogP contribution in [0.4, 0.5) is 10.1 Å². The molecule has 0 aliphatic carbocycles. The molecule has 1 fully saturated rings. The normalized spacial score (nSPS) is 18.1. The third-order valence-electron chi connectivity index (χ3n) is 4.47. The fourth-order valence-corrected chi connectivity index (χ4v) is 3.18. The first-order chi connectivity index (χ1) is 12.1. The van der Waals surface area contributed by atoms with Crippen molar-refractivity contribution in [3.63, 3.8) is 0 Å². The van der Waals surface area contributed by atoms with Gasteiger partial charge in [0.15, 0.2) is 0 Å². The number of nitrogens with zero attached hydrogens (tertiary/aromatic N) is 2. The Labute approximate surface area is 145 Å². The van der Waals surface area contributed by atoms with Gasteiger partial charge in [0.2, 0.25) is 0 Å². The lowest BCUT2D eigenvalue weighted by Crippen LogP contribution is -2.45. The van der Waals surface area contributed by atoms with Gasteiger partial charge in [-0.3, -0.25) is 15.0 Å². The molecule has 1 unspecified atom stereocenters. The van der Waals surface area contributed by atoms with E-state index in [9.17, 15) is 14.5 Å². The number of piperazine rings is 1. The Morgan fingerprint density at radius 1 is 1.36 bits per heavy atom. The number of rotatable bonds is 5. The monoisotopic (exact) mass is 345 g/mol. The van der Waals surface area contributed by atoms with E-state index in [1.165, 1.54) is 12.1 Å². The molecule has 0 spiro atoms. The molecule has 132 valence electrons. The van der Waals surface area contributed by atoms with Crippen molar-refractivity contribution in [3.8, 4) is 5.75 Å². The van der Waals surface area contributed by atoms with E-state index in [1.54, 1.807) is 7.11 Å². The molecule has 1 saturated heterocycles. The van der Waals surface area contributed by atoms with Gasteiger partial charge < -0.3 is 10.1 Å². The Hall–Kier alpha value is -2.51. The number of ether oxygens (including phenoxy) is 1. The second kappa shape index (κ2) is 7.58. The summed E-state index contributed by atoms with van der Waals surface area (Å²) in [6, 6.07) is 11.7. The van der Waals surface area contributed by atoms with E-state index >= 15 is 0 Å². The number of non-ortho nitro benzene ring substituents is 1. The number of nitro benzene ring substituents is 1. The average Bonchev–Trinajstić information content (AvgIpc) is 2.63. The zero-order valence-corrected chi connectivity index (χ0v) is 13.9. The highest BCUT2D eigenvalue weighted by atomic mass is 19.1. The molecular formula is C18H20FN3O3. The van der Waals surface area contributed by atoms with E-state index in [4.69, 9.17) is 4.74 Å². The van der Waals surface area contributed by atoms with Crippen molar-refractivity contribution in [2.24, 2.45) is 0 Å². The molecule has 2 aromatic carbocycles. The molecule has 0 bridgehead atoms. The predicted octanol–water partition coefficient (Wildman–Crippen LogP) is 2.89. The maximum absolute atomic E-state index is 14.3. The van der Waals surface area contributed by atoms with Crippen molar-refractivity contribution in [2.45, 2.75) is 12.6 Å². The van der Waals surface area contributed by atoms with Crippen LogP contribution in [0.3, 0.4) is 0 Å². The Bertz CT molecular complexity index is 769. The van der Waals surface area contributed by atoms with Crippen molar-refractivity contribution < 1.29 is 14.1 Å². The molecular weight excluding hydrogens is 325 g/mol. The lowest BCUT2D eigenvalue weighted by molar-refractivity contribution is -0.385. The molecule has 1 heterocycles. The number of hydrogen-bond acceptors (Lipinski definition) is 5. The van der Waals surface area contributed by atoms with E-state index in [1.807, 2.05) is 24.3 Å². The van der Waals surface area contributed by atoms with Gasteiger partial charge in [-0.1, -0.05) is 18.2 Å². The molecule has 0 saturated carbocycles. The van der Waals surface area contributed by atoms with Crippen molar-refractivity contribution >= 4 is 5.69 Å². The molecule has 0 aromatic heterocycles. The summed E-state index contributed by atoms with van der Waals surface area (Å²) in [6.45, 7) is 2.67. The molecule has 7 heteroatoms. The van der Waals surface area contributed by atoms with Gasteiger partial charge in [0, 0.05) is 43.4 Å². The first-order valence-corrected chi connectivity index (χ1v) is 8.10. The number of nitrogens with one attached hydrogen (secondary N) is 1. The molecule has 0 radical (unpaired) electrons. The summed E-state index contributed by atoms with van der Waals surface area (Å²) >= 11 is 0. The van der Waals surface area contributed by atoms with Crippen LogP contribution in [0.5, 0.6) is 5.75 Å². The standard InChI is InChI=1S/C18H20FN3O3/c1-25-18-5-3-2-4-15(18)17-11-20-8-9-21(17)12-13-6-7-14(22(23)24)10-16(13)19/h2-7,10,17,20H,8-9,11-12H2,1H3. The summed E-state index contributed by atoms with van der Waals surface area (Å²) in [5.41, 5.74) is 1.26. The number of hydrogen-bond donors (Lipinski definition) is 1. The molecule has 3 rings (SSSR count). The topological polar surface area (TPSA) is 67.6 Å². The molecule has 1 aliphatic rings. The summed E-state index contributed by atoms with van der Waals surface area (Å²) in [6.07, 6.45) is 0. The summed E-state index contributed by atoms with van der Waals surface area (Å²) < 4.78 is 19.7. The largest absolute Gasteiger partial charge is 0.496 e. The first kappa shape index (κ1) is 17.3. The van der Waals surface area contributed by atoms with E-state index in [2.05, 4.69) is 10.2 Å². The summed E-state index contributed by atoms with van der Waals surface area (Å²) in [7, 11) is 1.63.